The summed E-state index contributed by atoms with van der Waals surface area (Å²) in [6.07, 6.45) is 1.59. The topological polar surface area (TPSA) is 24.4 Å². The quantitative estimate of drug-likeness (QED) is 0.552. The number of hydrogen-bond acceptors (Lipinski definition) is 2. The van der Waals surface area contributed by atoms with Gasteiger partial charge in [0.2, 0.25) is 0 Å². The fraction of sp³-hybridized carbons (Fsp3) is 0. The highest BCUT2D eigenvalue weighted by atomic mass is 19.1. The summed E-state index contributed by atoms with van der Waals surface area (Å²) in [6, 6.07) is 17.2. The van der Waals surface area contributed by atoms with Gasteiger partial charge in [-0.25, -0.2) is 8.78 Å². The molecule has 1 N–H and O–H groups in total. The van der Waals surface area contributed by atoms with Crippen molar-refractivity contribution in [3.63, 3.8) is 0 Å². The first-order valence-corrected chi connectivity index (χ1v) is 6.45. The smallest absolute Gasteiger partial charge is 0.151 e. The number of benzene rings is 3. The van der Waals surface area contributed by atoms with E-state index in [1.54, 1.807) is 6.21 Å². The molecule has 0 aliphatic carbocycles. The lowest BCUT2D eigenvalue weighted by molar-refractivity contribution is 0.585. The molecule has 21 heavy (non-hydrogen) atoms. The van der Waals surface area contributed by atoms with Crippen LogP contribution in [0.25, 0.3) is 10.8 Å². The van der Waals surface area contributed by atoms with Gasteiger partial charge in [0.05, 0.1) is 11.9 Å². The van der Waals surface area contributed by atoms with Crippen LogP contribution in [0.15, 0.2) is 65.8 Å². The van der Waals surface area contributed by atoms with Crippen molar-refractivity contribution >= 4 is 22.7 Å². The summed E-state index contributed by atoms with van der Waals surface area (Å²) in [5.41, 5.74) is 3.59. The summed E-state index contributed by atoms with van der Waals surface area (Å²) in [5.74, 6) is -1.29. The molecule has 0 aromatic heterocycles. The van der Waals surface area contributed by atoms with Crippen molar-refractivity contribution in [1.82, 2.24) is 0 Å². The zero-order chi connectivity index (χ0) is 14.7. The van der Waals surface area contributed by atoms with Crippen LogP contribution in [-0.2, 0) is 0 Å². The molecule has 0 aliphatic heterocycles. The zero-order valence-corrected chi connectivity index (χ0v) is 11.1. The zero-order valence-electron chi connectivity index (χ0n) is 11.1. The van der Waals surface area contributed by atoms with Crippen LogP contribution < -0.4 is 5.43 Å². The normalized spacial score (nSPS) is 11.1. The molecular formula is C17H12F2N2. The first-order valence-electron chi connectivity index (χ1n) is 6.45. The maximum atomic E-state index is 13.4. The molecule has 0 aliphatic rings. The minimum atomic E-state index is -0.675. The summed E-state index contributed by atoms with van der Waals surface area (Å²) < 4.78 is 26.2. The lowest BCUT2D eigenvalue weighted by Crippen LogP contribution is -1.94. The van der Waals surface area contributed by atoms with Crippen LogP contribution in [0.4, 0.5) is 14.5 Å². The van der Waals surface area contributed by atoms with Crippen LogP contribution in [0.5, 0.6) is 0 Å². The third-order valence-electron chi connectivity index (χ3n) is 3.10. The van der Waals surface area contributed by atoms with E-state index in [9.17, 15) is 8.78 Å². The number of hydrazone groups is 1. The number of nitrogens with one attached hydrogen (secondary N) is 1. The van der Waals surface area contributed by atoms with E-state index in [4.69, 9.17) is 0 Å². The Labute approximate surface area is 120 Å². The van der Waals surface area contributed by atoms with Crippen molar-refractivity contribution in [3.05, 3.63) is 77.9 Å². The molecule has 0 atom stereocenters. The van der Waals surface area contributed by atoms with Crippen LogP contribution in [0.1, 0.15) is 5.56 Å². The summed E-state index contributed by atoms with van der Waals surface area (Å²) in [5, 5.41) is 6.22. The monoisotopic (exact) mass is 282 g/mol. The van der Waals surface area contributed by atoms with Gasteiger partial charge in [0.1, 0.15) is 5.82 Å². The van der Waals surface area contributed by atoms with E-state index < -0.39 is 11.6 Å². The predicted molar refractivity (Wildman–Crippen MR) is 81.5 cm³/mol. The SMILES string of the molecule is Fc1ccc(N/N=C\c2ccc3ccccc3c2)c(F)c1. The largest absolute Gasteiger partial charge is 0.276 e. The Hall–Kier alpha value is -2.75. The van der Waals surface area contributed by atoms with E-state index in [2.05, 4.69) is 10.5 Å². The summed E-state index contributed by atoms with van der Waals surface area (Å²) in [4.78, 5) is 0. The van der Waals surface area contributed by atoms with Crippen molar-refractivity contribution < 1.29 is 8.78 Å². The first kappa shape index (κ1) is 13.2. The van der Waals surface area contributed by atoms with Crippen molar-refractivity contribution in [1.29, 1.82) is 0 Å². The third-order valence-corrected chi connectivity index (χ3v) is 3.10. The highest BCUT2D eigenvalue weighted by Gasteiger charge is 2.01. The summed E-state index contributed by atoms with van der Waals surface area (Å²) in [6.45, 7) is 0. The van der Waals surface area contributed by atoms with Gasteiger partial charge in [-0.05, 0) is 34.5 Å². The molecule has 0 spiro atoms. The average Bonchev–Trinajstić information content (AvgIpc) is 2.49. The van der Waals surface area contributed by atoms with Crippen LogP contribution in [0, 0.1) is 11.6 Å². The van der Waals surface area contributed by atoms with E-state index in [1.807, 2.05) is 42.5 Å². The van der Waals surface area contributed by atoms with Gasteiger partial charge in [0, 0.05) is 6.07 Å². The second-order valence-corrected chi connectivity index (χ2v) is 4.60. The predicted octanol–water partition coefficient (Wildman–Crippen LogP) is 4.56. The molecule has 3 aromatic carbocycles. The molecular weight excluding hydrogens is 270 g/mol. The summed E-state index contributed by atoms with van der Waals surface area (Å²) in [7, 11) is 0. The maximum Gasteiger partial charge on any atom is 0.151 e. The molecule has 0 saturated heterocycles. The molecule has 0 unspecified atom stereocenters. The molecule has 0 saturated carbocycles. The van der Waals surface area contributed by atoms with Crippen molar-refractivity contribution in [2.75, 3.05) is 5.43 Å². The van der Waals surface area contributed by atoms with Crippen LogP contribution in [0.3, 0.4) is 0 Å². The molecule has 0 radical (unpaired) electrons. The summed E-state index contributed by atoms with van der Waals surface area (Å²) >= 11 is 0. The lowest BCUT2D eigenvalue weighted by Gasteiger charge is -2.02. The Morgan fingerprint density at radius 1 is 0.857 bits per heavy atom. The van der Waals surface area contributed by atoms with E-state index >= 15 is 0 Å². The van der Waals surface area contributed by atoms with Gasteiger partial charge in [-0.15, -0.1) is 0 Å². The van der Waals surface area contributed by atoms with E-state index in [0.29, 0.717) is 0 Å². The molecule has 0 bridgehead atoms. The third kappa shape index (κ3) is 3.05. The number of halogens is 2. The Morgan fingerprint density at radius 2 is 1.67 bits per heavy atom. The number of anilines is 1. The van der Waals surface area contributed by atoms with E-state index in [1.165, 1.54) is 12.1 Å². The number of hydrogen-bond donors (Lipinski definition) is 1. The highest BCUT2D eigenvalue weighted by molar-refractivity contribution is 5.90. The number of rotatable bonds is 3. The molecule has 4 heteroatoms. The van der Waals surface area contributed by atoms with E-state index in [0.717, 1.165) is 22.4 Å². The first-order chi connectivity index (χ1) is 10.2. The van der Waals surface area contributed by atoms with Crippen molar-refractivity contribution in [2.45, 2.75) is 0 Å². The standard InChI is InChI=1S/C17H12F2N2/c18-15-7-8-17(16(19)10-15)21-20-11-12-5-6-13-3-1-2-4-14(13)9-12/h1-11,21H/b20-11-. The van der Waals surface area contributed by atoms with Gasteiger partial charge in [-0.1, -0.05) is 36.4 Å². The number of fused-ring (bicyclic) bond motifs is 1. The molecule has 0 heterocycles. The van der Waals surface area contributed by atoms with Crippen molar-refractivity contribution in [2.24, 2.45) is 5.10 Å². The van der Waals surface area contributed by atoms with Gasteiger partial charge in [-0.3, -0.25) is 5.43 Å². The molecule has 0 fully saturated rings. The fourth-order valence-electron chi connectivity index (χ4n) is 2.04. The minimum absolute atomic E-state index is 0.133. The minimum Gasteiger partial charge on any atom is -0.276 e. The van der Waals surface area contributed by atoms with Crippen molar-refractivity contribution in [3.8, 4) is 0 Å². The Morgan fingerprint density at radius 3 is 2.48 bits per heavy atom. The second kappa shape index (κ2) is 5.71. The Kier molecular flexibility index (Phi) is 3.60. The second-order valence-electron chi connectivity index (χ2n) is 4.60. The Balaban J connectivity index is 1.78. The number of nitrogens with zero attached hydrogens (tertiary/aromatic N) is 1. The highest BCUT2D eigenvalue weighted by Crippen LogP contribution is 2.16. The van der Waals surface area contributed by atoms with Gasteiger partial charge in [0.25, 0.3) is 0 Å². The molecule has 0 amide bonds. The van der Waals surface area contributed by atoms with E-state index in [-0.39, 0.29) is 5.69 Å². The Bertz CT molecular complexity index is 813. The molecule has 104 valence electrons. The van der Waals surface area contributed by atoms with Crippen LogP contribution >= 0.6 is 0 Å². The van der Waals surface area contributed by atoms with Crippen LogP contribution in [0.2, 0.25) is 0 Å². The van der Waals surface area contributed by atoms with Gasteiger partial charge in [-0.2, -0.15) is 5.10 Å². The lowest BCUT2D eigenvalue weighted by atomic mass is 10.1. The average molecular weight is 282 g/mol. The van der Waals surface area contributed by atoms with Gasteiger partial charge in [0.15, 0.2) is 5.82 Å². The van der Waals surface area contributed by atoms with Gasteiger partial charge >= 0.3 is 0 Å². The fourth-order valence-corrected chi connectivity index (χ4v) is 2.04. The maximum absolute atomic E-state index is 13.4. The molecule has 3 aromatic rings. The van der Waals surface area contributed by atoms with Gasteiger partial charge < -0.3 is 0 Å². The van der Waals surface area contributed by atoms with Crippen LogP contribution in [-0.4, -0.2) is 6.21 Å². The molecule has 2 nitrogen and oxygen atoms in total. The molecule has 3 rings (SSSR count).